The highest BCUT2D eigenvalue weighted by atomic mass is 32.1. The van der Waals surface area contributed by atoms with Gasteiger partial charge in [0.15, 0.2) is 11.7 Å². The minimum Gasteiger partial charge on any atom is -0.497 e. The van der Waals surface area contributed by atoms with Crippen LogP contribution in [0.25, 0.3) is 11.3 Å². The van der Waals surface area contributed by atoms with Crippen LogP contribution in [0, 0.1) is 0 Å². The maximum absolute atomic E-state index is 12.5. The highest BCUT2D eigenvalue weighted by Crippen LogP contribution is 2.26. The lowest BCUT2D eigenvalue weighted by Gasteiger charge is -2.26. The Balaban J connectivity index is 1.31. The molecule has 10 heteroatoms. The zero-order chi connectivity index (χ0) is 22.3. The largest absolute Gasteiger partial charge is 0.497 e. The summed E-state index contributed by atoms with van der Waals surface area (Å²) in [6, 6.07) is 10.7. The standard InChI is InChI=1S/C22H22N4O5S/c1-29-17-5-2-15(3-6-17)18-14-32-22(24-18)25-21(28)16-4-7-19(23-12-16)31-13-20(27)26-8-10-30-11-9-26/h2-7,12,14H,8-11,13H2,1H3,(H,24,25,28). The molecule has 0 bridgehead atoms. The van der Waals surface area contributed by atoms with E-state index in [0.29, 0.717) is 37.0 Å². The van der Waals surface area contributed by atoms with Crippen LogP contribution < -0.4 is 14.8 Å². The van der Waals surface area contributed by atoms with Gasteiger partial charge in [-0.2, -0.15) is 0 Å². The molecule has 2 aromatic heterocycles. The van der Waals surface area contributed by atoms with E-state index >= 15 is 0 Å². The third-order valence-electron chi connectivity index (χ3n) is 4.82. The number of rotatable bonds is 7. The second-order valence-corrected chi connectivity index (χ2v) is 7.75. The van der Waals surface area contributed by atoms with Gasteiger partial charge in [-0.15, -0.1) is 11.3 Å². The number of amides is 2. The number of carbonyl (C=O) groups is 2. The van der Waals surface area contributed by atoms with Crippen molar-refractivity contribution < 1.29 is 23.8 Å². The van der Waals surface area contributed by atoms with Gasteiger partial charge in [0.25, 0.3) is 11.8 Å². The monoisotopic (exact) mass is 454 g/mol. The third kappa shape index (κ3) is 5.40. The number of hydrogen-bond acceptors (Lipinski definition) is 8. The number of aromatic nitrogens is 2. The molecule has 1 saturated heterocycles. The van der Waals surface area contributed by atoms with E-state index in [4.69, 9.17) is 14.2 Å². The summed E-state index contributed by atoms with van der Waals surface area (Å²) in [5, 5.41) is 5.13. The van der Waals surface area contributed by atoms with Crippen molar-refractivity contribution >= 4 is 28.3 Å². The average molecular weight is 455 g/mol. The summed E-state index contributed by atoms with van der Waals surface area (Å²) < 4.78 is 15.8. The molecule has 1 fully saturated rings. The number of benzene rings is 1. The van der Waals surface area contributed by atoms with Crippen molar-refractivity contribution in [2.75, 3.05) is 45.3 Å². The second kappa shape index (κ2) is 10.2. The smallest absolute Gasteiger partial charge is 0.260 e. The molecule has 3 aromatic rings. The maximum atomic E-state index is 12.5. The predicted molar refractivity (Wildman–Crippen MR) is 119 cm³/mol. The number of hydrogen-bond donors (Lipinski definition) is 1. The minimum atomic E-state index is -0.330. The molecule has 9 nitrogen and oxygen atoms in total. The molecule has 1 N–H and O–H groups in total. The molecular formula is C22H22N4O5S. The average Bonchev–Trinajstić information content (AvgIpc) is 3.32. The molecule has 0 unspecified atom stereocenters. The van der Waals surface area contributed by atoms with Gasteiger partial charge in [0, 0.05) is 36.3 Å². The molecule has 0 radical (unpaired) electrons. The van der Waals surface area contributed by atoms with E-state index in [9.17, 15) is 9.59 Å². The van der Waals surface area contributed by atoms with E-state index in [1.807, 2.05) is 29.6 Å². The van der Waals surface area contributed by atoms with E-state index in [-0.39, 0.29) is 24.3 Å². The molecule has 1 aliphatic rings. The van der Waals surface area contributed by atoms with Crippen molar-refractivity contribution in [1.82, 2.24) is 14.9 Å². The van der Waals surface area contributed by atoms with Crippen molar-refractivity contribution in [3.05, 3.63) is 53.5 Å². The Morgan fingerprint density at radius 3 is 2.62 bits per heavy atom. The van der Waals surface area contributed by atoms with Crippen molar-refractivity contribution in [3.8, 4) is 22.9 Å². The lowest BCUT2D eigenvalue weighted by molar-refractivity contribution is -0.137. The van der Waals surface area contributed by atoms with Crippen molar-refractivity contribution in [2.24, 2.45) is 0 Å². The van der Waals surface area contributed by atoms with Crippen molar-refractivity contribution in [3.63, 3.8) is 0 Å². The van der Waals surface area contributed by atoms with Gasteiger partial charge in [0.2, 0.25) is 5.88 Å². The fourth-order valence-electron chi connectivity index (χ4n) is 3.03. The van der Waals surface area contributed by atoms with Gasteiger partial charge < -0.3 is 19.1 Å². The van der Waals surface area contributed by atoms with Gasteiger partial charge in [-0.05, 0) is 30.3 Å². The number of ether oxygens (including phenoxy) is 3. The maximum Gasteiger partial charge on any atom is 0.260 e. The number of anilines is 1. The van der Waals surface area contributed by atoms with Gasteiger partial charge in [-0.3, -0.25) is 14.9 Å². The van der Waals surface area contributed by atoms with Crippen LogP contribution in [0.4, 0.5) is 5.13 Å². The molecule has 0 atom stereocenters. The number of carbonyl (C=O) groups excluding carboxylic acids is 2. The van der Waals surface area contributed by atoms with Gasteiger partial charge >= 0.3 is 0 Å². The van der Waals surface area contributed by atoms with E-state index in [1.54, 1.807) is 24.1 Å². The Hall–Kier alpha value is -3.50. The van der Waals surface area contributed by atoms with E-state index in [0.717, 1.165) is 17.0 Å². The SMILES string of the molecule is COc1ccc(-c2csc(NC(=O)c3ccc(OCC(=O)N4CCOCC4)nc3)n2)cc1. The van der Waals surface area contributed by atoms with E-state index < -0.39 is 0 Å². The molecular weight excluding hydrogens is 432 g/mol. The van der Waals surface area contributed by atoms with Crippen LogP contribution in [-0.2, 0) is 9.53 Å². The molecule has 0 aliphatic carbocycles. The molecule has 0 spiro atoms. The van der Waals surface area contributed by atoms with Gasteiger partial charge in [-0.1, -0.05) is 0 Å². The number of nitrogens with one attached hydrogen (secondary N) is 1. The molecule has 32 heavy (non-hydrogen) atoms. The topological polar surface area (TPSA) is 103 Å². The van der Waals surface area contributed by atoms with Gasteiger partial charge in [0.1, 0.15) is 5.75 Å². The molecule has 166 valence electrons. The Labute approximate surface area is 189 Å². The van der Waals surface area contributed by atoms with Crippen molar-refractivity contribution in [1.29, 1.82) is 0 Å². The minimum absolute atomic E-state index is 0.105. The lowest BCUT2D eigenvalue weighted by atomic mass is 10.2. The first-order chi connectivity index (χ1) is 15.6. The first kappa shape index (κ1) is 21.7. The van der Waals surface area contributed by atoms with Crippen LogP contribution in [-0.4, -0.2) is 66.7 Å². The van der Waals surface area contributed by atoms with Crippen LogP contribution in [0.2, 0.25) is 0 Å². The van der Waals surface area contributed by atoms with E-state index in [2.05, 4.69) is 15.3 Å². The molecule has 1 aliphatic heterocycles. The highest BCUT2D eigenvalue weighted by Gasteiger charge is 2.17. The van der Waals surface area contributed by atoms with Crippen LogP contribution in [0.5, 0.6) is 11.6 Å². The fraction of sp³-hybridized carbons (Fsp3) is 0.273. The number of thiazole rings is 1. The van der Waals surface area contributed by atoms with Crippen LogP contribution >= 0.6 is 11.3 Å². The molecule has 2 amide bonds. The number of pyridine rings is 1. The quantitative estimate of drug-likeness (QED) is 0.585. The van der Waals surface area contributed by atoms with Crippen LogP contribution in [0.1, 0.15) is 10.4 Å². The van der Waals surface area contributed by atoms with Crippen molar-refractivity contribution in [2.45, 2.75) is 0 Å². The fourth-order valence-corrected chi connectivity index (χ4v) is 3.75. The van der Waals surface area contributed by atoms with Crippen LogP contribution in [0.15, 0.2) is 48.0 Å². The summed E-state index contributed by atoms with van der Waals surface area (Å²) in [5.74, 6) is 0.597. The number of nitrogens with zero attached hydrogens (tertiary/aromatic N) is 3. The normalized spacial score (nSPS) is 13.5. The predicted octanol–water partition coefficient (Wildman–Crippen LogP) is 2.70. The second-order valence-electron chi connectivity index (χ2n) is 6.89. The summed E-state index contributed by atoms with van der Waals surface area (Å²) in [6.07, 6.45) is 1.40. The molecule has 4 rings (SSSR count). The summed E-state index contributed by atoms with van der Waals surface area (Å²) in [4.78, 5) is 34.9. The first-order valence-electron chi connectivity index (χ1n) is 9.98. The summed E-state index contributed by atoms with van der Waals surface area (Å²) in [7, 11) is 1.62. The zero-order valence-corrected chi connectivity index (χ0v) is 18.3. The summed E-state index contributed by atoms with van der Waals surface area (Å²) in [5.41, 5.74) is 2.05. The Morgan fingerprint density at radius 2 is 1.94 bits per heavy atom. The Kier molecular flexibility index (Phi) is 6.93. The summed E-state index contributed by atoms with van der Waals surface area (Å²) >= 11 is 1.33. The van der Waals surface area contributed by atoms with Gasteiger partial charge in [0.05, 0.1) is 31.6 Å². The lowest BCUT2D eigenvalue weighted by Crippen LogP contribution is -2.43. The zero-order valence-electron chi connectivity index (χ0n) is 17.4. The number of morpholine rings is 1. The Bertz CT molecular complexity index is 1060. The van der Waals surface area contributed by atoms with Gasteiger partial charge in [-0.25, -0.2) is 9.97 Å². The molecule has 1 aromatic carbocycles. The molecule has 3 heterocycles. The highest BCUT2D eigenvalue weighted by molar-refractivity contribution is 7.14. The summed E-state index contributed by atoms with van der Waals surface area (Å²) in [6.45, 7) is 2.09. The van der Waals surface area contributed by atoms with E-state index in [1.165, 1.54) is 17.5 Å². The third-order valence-corrected chi connectivity index (χ3v) is 5.57. The van der Waals surface area contributed by atoms with Crippen LogP contribution in [0.3, 0.4) is 0 Å². The number of methoxy groups -OCH3 is 1. The Morgan fingerprint density at radius 1 is 1.16 bits per heavy atom. The molecule has 0 saturated carbocycles. The first-order valence-corrected chi connectivity index (χ1v) is 10.9.